The van der Waals surface area contributed by atoms with Gasteiger partial charge in [0.2, 0.25) is 10.0 Å². The van der Waals surface area contributed by atoms with Crippen LogP contribution in [0.2, 0.25) is 0 Å². The van der Waals surface area contributed by atoms with Crippen molar-refractivity contribution in [3.05, 3.63) is 27.7 Å². The van der Waals surface area contributed by atoms with E-state index in [2.05, 4.69) is 27.6 Å². The van der Waals surface area contributed by atoms with E-state index in [4.69, 9.17) is 5.73 Å². The fraction of sp³-hybridized carbons (Fsp3) is 0.538. The molecule has 0 amide bonds. The van der Waals surface area contributed by atoms with Crippen LogP contribution >= 0.6 is 27.7 Å². The van der Waals surface area contributed by atoms with Crippen LogP contribution in [0.5, 0.6) is 0 Å². The van der Waals surface area contributed by atoms with Crippen LogP contribution in [0, 0.1) is 6.92 Å². The molecule has 4 nitrogen and oxygen atoms in total. The molecule has 3 N–H and O–H groups in total. The lowest BCUT2D eigenvalue weighted by Crippen LogP contribution is -2.27. The lowest BCUT2D eigenvalue weighted by Gasteiger charge is -2.13. The number of hydrogen-bond donors (Lipinski definition) is 2. The first-order chi connectivity index (χ1) is 9.31. The standard InChI is InChI=1S/C13H21BrN2O2S2/c1-9-6-11(8-15)7-12(13(9)14)20(17,18)16-5-4-10(2)19-3/h6-7,10,16H,4-5,8,15H2,1-3H3. The van der Waals surface area contributed by atoms with E-state index in [-0.39, 0.29) is 4.90 Å². The van der Waals surface area contributed by atoms with Crippen molar-refractivity contribution in [2.45, 2.75) is 37.0 Å². The fourth-order valence-corrected chi connectivity index (χ4v) is 4.18. The number of nitrogens with one attached hydrogen (secondary N) is 1. The third-order valence-electron chi connectivity index (χ3n) is 3.05. The van der Waals surface area contributed by atoms with Crippen LogP contribution in [0.15, 0.2) is 21.5 Å². The molecule has 1 atom stereocenters. The Kier molecular flexibility index (Phi) is 7.00. The molecule has 1 aromatic rings. The molecule has 0 aromatic heterocycles. The van der Waals surface area contributed by atoms with Gasteiger partial charge in [0.05, 0.1) is 4.90 Å². The van der Waals surface area contributed by atoms with Crippen LogP contribution in [0.3, 0.4) is 0 Å². The lowest BCUT2D eigenvalue weighted by molar-refractivity contribution is 0.578. The zero-order valence-electron chi connectivity index (χ0n) is 11.9. The summed E-state index contributed by atoms with van der Waals surface area (Å²) in [6.45, 7) is 4.69. The summed E-state index contributed by atoms with van der Waals surface area (Å²) in [6, 6.07) is 3.51. The van der Waals surface area contributed by atoms with E-state index in [0.29, 0.717) is 22.8 Å². The van der Waals surface area contributed by atoms with Crippen molar-refractivity contribution in [1.29, 1.82) is 0 Å². The van der Waals surface area contributed by atoms with Crippen molar-refractivity contribution in [3.8, 4) is 0 Å². The zero-order chi connectivity index (χ0) is 15.3. The van der Waals surface area contributed by atoms with Gasteiger partial charge in [-0.25, -0.2) is 13.1 Å². The summed E-state index contributed by atoms with van der Waals surface area (Å²) in [6.07, 6.45) is 2.82. The fourth-order valence-electron chi connectivity index (χ4n) is 1.71. The Morgan fingerprint density at radius 3 is 2.65 bits per heavy atom. The highest BCUT2D eigenvalue weighted by Gasteiger charge is 2.19. The topological polar surface area (TPSA) is 72.2 Å². The predicted molar refractivity (Wildman–Crippen MR) is 89.6 cm³/mol. The van der Waals surface area contributed by atoms with Crippen LogP contribution in [-0.2, 0) is 16.6 Å². The van der Waals surface area contributed by atoms with E-state index in [9.17, 15) is 8.42 Å². The minimum Gasteiger partial charge on any atom is -0.326 e. The predicted octanol–water partition coefficient (Wildman–Crippen LogP) is 2.64. The zero-order valence-corrected chi connectivity index (χ0v) is 15.2. The van der Waals surface area contributed by atoms with Gasteiger partial charge in [0.25, 0.3) is 0 Å². The Hall–Kier alpha value is -0.0800. The number of aryl methyl sites for hydroxylation is 1. The minimum absolute atomic E-state index is 0.259. The van der Waals surface area contributed by atoms with Crippen LogP contribution in [0.4, 0.5) is 0 Å². The molecule has 0 fully saturated rings. The molecule has 0 spiro atoms. The first kappa shape index (κ1) is 18.0. The molecule has 0 bridgehead atoms. The summed E-state index contributed by atoms with van der Waals surface area (Å²) in [5.74, 6) is 0. The van der Waals surface area contributed by atoms with Crippen LogP contribution in [0.1, 0.15) is 24.5 Å². The number of sulfonamides is 1. The number of rotatable bonds is 7. The van der Waals surface area contributed by atoms with Crippen molar-refractivity contribution >= 4 is 37.7 Å². The van der Waals surface area contributed by atoms with Gasteiger partial charge >= 0.3 is 0 Å². The maximum absolute atomic E-state index is 12.4. The lowest BCUT2D eigenvalue weighted by atomic mass is 10.1. The van der Waals surface area contributed by atoms with E-state index >= 15 is 0 Å². The number of benzene rings is 1. The molecular weight excluding hydrogens is 360 g/mol. The van der Waals surface area contributed by atoms with E-state index in [1.807, 2.05) is 19.2 Å². The Balaban J connectivity index is 2.95. The molecule has 7 heteroatoms. The number of halogens is 1. The SMILES string of the molecule is CSC(C)CCNS(=O)(=O)c1cc(CN)cc(C)c1Br. The molecule has 0 aliphatic heterocycles. The van der Waals surface area contributed by atoms with E-state index in [1.165, 1.54) is 0 Å². The van der Waals surface area contributed by atoms with Crippen LogP contribution in [0.25, 0.3) is 0 Å². The van der Waals surface area contributed by atoms with Crippen molar-refractivity contribution < 1.29 is 8.42 Å². The summed E-state index contributed by atoms with van der Waals surface area (Å²) in [5.41, 5.74) is 7.28. The number of hydrogen-bond acceptors (Lipinski definition) is 4. The molecule has 0 aliphatic rings. The second kappa shape index (κ2) is 7.79. The highest BCUT2D eigenvalue weighted by molar-refractivity contribution is 9.10. The third-order valence-corrected chi connectivity index (χ3v) is 6.89. The summed E-state index contributed by atoms with van der Waals surface area (Å²) in [4.78, 5) is 0.259. The maximum atomic E-state index is 12.4. The third kappa shape index (κ3) is 4.73. The Morgan fingerprint density at radius 1 is 1.45 bits per heavy atom. The molecule has 114 valence electrons. The van der Waals surface area contributed by atoms with Gasteiger partial charge < -0.3 is 5.73 Å². The molecule has 1 rings (SSSR count). The second-order valence-electron chi connectivity index (χ2n) is 4.66. The summed E-state index contributed by atoms with van der Waals surface area (Å²) in [7, 11) is -3.51. The Morgan fingerprint density at radius 2 is 2.10 bits per heavy atom. The van der Waals surface area contributed by atoms with Crippen molar-refractivity contribution in [2.24, 2.45) is 5.73 Å². The highest BCUT2D eigenvalue weighted by Crippen LogP contribution is 2.27. The van der Waals surface area contributed by atoms with Crippen LogP contribution < -0.4 is 10.5 Å². The van der Waals surface area contributed by atoms with Gasteiger partial charge in [-0.15, -0.1) is 0 Å². The molecule has 1 unspecified atom stereocenters. The van der Waals surface area contributed by atoms with Gasteiger partial charge in [0.15, 0.2) is 0 Å². The average Bonchev–Trinajstić information content (AvgIpc) is 2.40. The quantitative estimate of drug-likeness (QED) is 0.762. The van der Waals surface area contributed by atoms with Crippen LogP contribution in [-0.4, -0.2) is 26.5 Å². The molecule has 0 radical (unpaired) electrons. The first-order valence-electron chi connectivity index (χ1n) is 6.33. The summed E-state index contributed by atoms with van der Waals surface area (Å²) >= 11 is 5.07. The number of thioether (sulfide) groups is 1. The normalized spacial score (nSPS) is 13.4. The molecule has 20 heavy (non-hydrogen) atoms. The van der Waals surface area contributed by atoms with Gasteiger partial charge in [-0.1, -0.05) is 13.0 Å². The maximum Gasteiger partial charge on any atom is 0.241 e. The summed E-state index contributed by atoms with van der Waals surface area (Å²) < 4.78 is 28.0. The first-order valence-corrected chi connectivity index (χ1v) is 9.89. The van der Waals surface area contributed by atoms with Gasteiger partial charge in [-0.2, -0.15) is 11.8 Å². The monoisotopic (exact) mass is 380 g/mol. The minimum atomic E-state index is -3.51. The van der Waals surface area contributed by atoms with E-state index in [0.717, 1.165) is 17.5 Å². The number of nitrogens with two attached hydrogens (primary N) is 1. The second-order valence-corrected chi connectivity index (χ2v) is 8.47. The van der Waals surface area contributed by atoms with Gasteiger partial charge in [0.1, 0.15) is 0 Å². The van der Waals surface area contributed by atoms with Crippen molar-refractivity contribution in [3.63, 3.8) is 0 Å². The van der Waals surface area contributed by atoms with E-state index < -0.39 is 10.0 Å². The van der Waals surface area contributed by atoms with Crippen molar-refractivity contribution in [1.82, 2.24) is 4.72 Å². The largest absolute Gasteiger partial charge is 0.326 e. The summed E-state index contributed by atoms with van der Waals surface area (Å²) in [5, 5.41) is 0.429. The molecule has 0 saturated heterocycles. The average molecular weight is 381 g/mol. The van der Waals surface area contributed by atoms with Gasteiger partial charge in [0, 0.05) is 22.8 Å². The molecule has 1 aromatic carbocycles. The van der Waals surface area contributed by atoms with Gasteiger partial charge in [-0.05, 0) is 52.7 Å². The molecule has 0 saturated carbocycles. The van der Waals surface area contributed by atoms with Gasteiger partial charge in [-0.3, -0.25) is 0 Å². The molecule has 0 aliphatic carbocycles. The van der Waals surface area contributed by atoms with Crippen molar-refractivity contribution in [2.75, 3.05) is 12.8 Å². The van der Waals surface area contributed by atoms with E-state index in [1.54, 1.807) is 17.8 Å². The smallest absolute Gasteiger partial charge is 0.241 e. The Bertz CT molecular complexity index is 562. The highest BCUT2D eigenvalue weighted by atomic mass is 79.9. The molecule has 0 heterocycles. The molecular formula is C13H21BrN2O2S2. The Labute approximate surface area is 134 Å².